The Morgan fingerprint density at radius 3 is 2.40 bits per heavy atom. The molecule has 3 amide bonds. The van der Waals surface area contributed by atoms with Gasteiger partial charge >= 0.3 is 6.03 Å². The summed E-state index contributed by atoms with van der Waals surface area (Å²) in [6, 6.07) is 17.1. The van der Waals surface area contributed by atoms with Gasteiger partial charge in [0.05, 0.1) is 29.6 Å². The van der Waals surface area contributed by atoms with Crippen molar-refractivity contribution in [2.24, 2.45) is 0 Å². The lowest BCUT2D eigenvalue weighted by molar-refractivity contribution is 0.0937. The number of methoxy groups -OCH3 is 1. The number of phenols is 1. The van der Waals surface area contributed by atoms with E-state index in [1.807, 2.05) is 12.1 Å². The lowest BCUT2D eigenvalue weighted by atomic mass is 10.0. The number of ketones is 1. The fourth-order valence-corrected chi connectivity index (χ4v) is 3.90. The molecule has 0 atom stereocenters. The zero-order valence-electron chi connectivity index (χ0n) is 18.4. The molecule has 35 heavy (non-hydrogen) atoms. The minimum absolute atomic E-state index is 0.0182. The van der Waals surface area contributed by atoms with Crippen molar-refractivity contribution in [3.8, 4) is 34.0 Å². The Balaban J connectivity index is 1.34. The Kier molecular flexibility index (Phi) is 5.38. The van der Waals surface area contributed by atoms with Crippen LogP contribution in [0.5, 0.6) is 11.5 Å². The van der Waals surface area contributed by atoms with Gasteiger partial charge in [-0.1, -0.05) is 12.1 Å². The topological polar surface area (TPSA) is 145 Å². The second-order valence-electron chi connectivity index (χ2n) is 7.69. The normalized spacial score (nSPS) is 11.4. The molecule has 1 heterocycles. The van der Waals surface area contributed by atoms with Crippen LogP contribution >= 0.6 is 0 Å². The number of phenolic OH excluding ortho intramolecular Hbond substituents is 1. The van der Waals surface area contributed by atoms with Crippen LogP contribution in [0, 0.1) is 0 Å². The van der Waals surface area contributed by atoms with Crippen LogP contribution in [0.25, 0.3) is 22.5 Å². The average Bonchev–Trinajstić information content (AvgIpc) is 3.43. The molecule has 0 unspecified atom stereocenters. The first-order valence-electron chi connectivity index (χ1n) is 10.5. The number of nitrogens with one attached hydrogen (secondary N) is 4. The van der Waals surface area contributed by atoms with E-state index in [-0.39, 0.29) is 22.8 Å². The second kappa shape index (κ2) is 8.67. The number of benzene rings is 3. The van der Waals surface area contributed by atoms with Gasteiger partial charge in [0.2, 0.25) is 0 Å². The van der Waals surface area contributed by atoms with Gasteiger partial charge < -0.3 is 15.2 Å². The number of fused-ring (bicyclic) bond motifs is 3. The largest absolute Gasteiger partial charge is 0.508 e. The number of ether oxygens (including phenoxy) is 1. The fraction of sp³-hybridized carbons (Fsp3) is 0.0400. The number of nitrogens with zero attached hydrogens (tertiary/aromatic N) is 1. The Hall–Kier alpha value is -5.12. The summed E-state index contributed by atoms with van der Waals surface area (Å²) < 4.78 is 5.19. The van der Waals surface area contributed by atoms with Crippen LogP contribution in [0.4, 0.5) is 10.5 Å². The van der Waals surface area contributed by atoms with E-state index in [9.17, 15) is 19.5 Å². The smallest absolute Gasteiger partial charge is 0.337 e. The summed E-state index contributed by atoms with van der Waals surface area (Å²) in [5, 5.41) is 19.2. The first kappa shape index (κ1) is 21.7. The third-order valence-electron chi connectivity index (χ3n) is 5.59. The predicted molar refractivity (Wildman–Crippen MR) is 127 cm³/mol. The zero-order chi connectivity index (χ0) is 24.5. The minimum Gasteiger partial charge on any atom is -0.508 e. The number of aromatic amines is 1. The van der Waals surface area contributed by atoms with Crippen molar-refractivity contribution < 1.29 is 24.2 Å². The second-order valence-corrected chi connectivity index (χ2v) is 7.69. The Labute approximate surface area is 198 Å². The third-order valence-corrected chi connectivity index (χ3v) is 5.59. The van der Waals surface area contributed by atoms with Gasteiger partial charge in [0.1, 0.15) is 17.2 Å². The molecule has 0 saturated heterocycles. The summed E-state index contributed by atoms with van der Waals surface area (Å²) in [4.78, 5) is 38.0. The highest BCUT2D eigenvalue weighted by molar-refractivity contribution is 6.27. The highest BCUT2D eigenvalue weighted by Gasteiger charge is 2.35. The van der Waals surface area contributed by atoms with Gasteiger partial charge in [-0.2, -0.15) is 5.10 Å². The number of anilines is 1. The molecule has 4 aromatic rings. The first-order valence-corrected chi connectivity index (χ1v) is 10.5. The van der Waals surface area contributed by atoms with Crippen LogP contribution < -0.4 is 20.9 Å². The molecular weight excluding hydrogens is 450 g/mol. The van der Waals surface area contributed by atoms with E-state index < -0.39 is 11.9 Å². The molecule has 1 aliphatic rings. The molecule has 5 N–H and O–H groups in total. The molecule has 5 rings (SSSR count). The number of hydrazine groups is 1. The number of hydrogen-bond donors (Lipinski definition) is 5. The number of H-pyrrole nitrogens is 1. The molecule has 0 fully saturated rings. The monoisotopic (exact) mass is 469 g/mol. The standard InChI is InChI=1S/C25H19N5O5/c1-35-16-11-7-13(8-12-16)21-20-22(28-27-21)17-3-2-4-18(19(17)23(20)32)26-25(34)30-29-24(33)14-5-9-15(31)10-6-14/h2-12,31H,1H3,(H,27,28)(H,29,33)(H2,26,30,34). The SMILES string of the molecule is COc1ccc(-c2[nH]nc3c2C(=O)c2c(NC(=O)NNC(=O)c4ccc(O)cc4)cccc2-3)cc1. The van der Waals surface area contributed by atoms with Gasteiger partial charge in [0.15, 0.2) is 5.78 Å². The minimum atomic E-state index is -0.736. The van der Waals surface area contributed by atoms with Gasteiger partial charge in [-0.05, 0) is 54.6 Å². The third kappa shape index (κ3) is 3.93. The number of amides is 3. The maximum atomic E-state index is 13.4. The van der Waals surface area contributed by atoms with Gasteiger partial charge in [-0.15, -0.1) is 0 Å². The summed E-state index contributed by atoms with van der Waals surface area (Å²) in [6.45, 7) is 0. The Morgan fingerprint density at radius 2 is 1.69 bits per heavy atom. The molecular formula is C25H19N5O5. The molecule has 0 spiro atoms. The van der Waals surface area contributed by atoms with E-state index in [1.165, 1.54) is 24.3 Å². The summed E-state index contributed by atoms with van der Waals surface area (Å²) >= 11 is 0. The lowest BCUT2D eigenvalue weighted by Gasteiger charge is -2.12. The number of hydrogen-bond acceptors (Lipinski definition) is 6. The Bertz CT molecular complexity index is 1460. The van der Waals surface area contributed by atoms with Crippen molar-refractivity contribution in [3.63, 3.8) is 0 Å². The van der Waals surface area contributed by atoms with Crippen molar-refractivity contribution in [3.05, 3.63) is 83.4 Å². The highest BCUT2D eigenvalue weighted by Crippen LogP contribution is 2.43. The lowest BCUT2D eigenvalue weighted by Crippen LogP contribution is -2.44. The van der Waals surface area contributed by atoms with E-state index in [0.717, 1.165) is 5.56 Å². The molecule has 10 nitrogen and oxygen atoms in total. The zero-order valence-corrected chi connectivity index (χ0v) is 18.4. The number of aromatic nitrogens is 2. The van der Waals surface area contributed by atoms with E-state index in [4.69, 9.17) is 4.74 Å². The van der Waals surface area contributed by atoms with E-state index in [0.29, 0.717) is 33.8 Å². The number of rotatable bonds is 4. The number of carbonyl (C=O) groups is 3. The predicted octanol–water partition coefficient (Wildman–Crippen LogP) is 3.47. The summed E-state index contributed by atoms with van der Waals surface area (Å²) in [6.07, 6.45) is 0. The molecule has 0 saturated carbocycles. The van der Waals surface area contributed by atoms with E-state index in [2.05, 4.69) is 26.4 Å². The van der Waals surface area contributed by atoms with Gasteiger partial charge in [-0.25, -0.2) is 10.2 Å². The number of carbonyl (C=O) groups excluding carboxylic acids is 3. The van der Waals surface area contributed by atoms with Crippen molar-refractivity contribution in [1.29, 1.82) is 0 Å². The maximum absolute atomic E-state index is 13.4. The molecule has 3 aromatic carbocycles. The number of urea groups is 1. The molecule has 0 aliphatic heterocycles. The molecule has 0 radical (unpaired) electrons. The summed E-state index contributed by atoms with van der Waals surface area (Å²) in [7, 11) is 1.58. The van der Waals surface area contributed by atoms with Crippen LogP contribution in [0.1, 0.15) is 26.3 Å². The molecule has 1 aliphatic carbocycles. The van der Waals surface area contributed by atoms with Crippen LogP contribution in [0.15, 0.2) is 66.7 Å². The Morgan fingerprint density at radius 1 is 0.943 bits per heavy atom. The van der Waals surface area contributed by atoms with Crippen molar-refractivity contribution in [2.75, 3.05) is 12.4 Å². The fourth-order valence-electron chi connectivity index (χ4n) is 3.90. The molecule has 10 heteroatoms. The van der Waals surface area contributed by atoms with E-state index in [1.54, 1.807) is 37.4 Å². The highest BCUT2D eigenvalue weighted by atomic mass is 16.5. The first-order chi connectivity index (χ1) is 17.0. The quantitative estimate of drug-likeness (QED) is 0.255. The maximum Gasteiger partial charge on any atom is 0.337 e. The molecule has 0 bridgehead atoms. The van der Waals surface area contributed by atoms with Crippen LogP contribution in [0.2, 0.25) is 0 Å². The van der Waals surface area contributed by atoms with Gasteiger partial charge in [-0.3, -0.25) is 20.1 Å². The van der Waals surface area contributed by atoms with Gasteiger partial charge in [0, 0.05) is 16.7 Å². The van der Waals surface area contributed by atoms with Crippen LogP contribution in [0.3, 0.4) is 0 Å². The van der Waals surface area contributed by atoms with Crippen LogP contribution in [-0.2, 0) is 0 Å². The summed E-state index contributed by atoms with van der Waals surface area (Å²) in [5.74, 6) is -0.142. The van der Waals surface area contributed by atoms with E-state index >= 15 is 0 Å². The van der Waals surface area contributed by atoms with Crippen molar-refractivity contribution in [1.82, 2.24) is 21.0 Å². The molecule has 174 valence electrons. The van der Waals surface area contributed by atoms with Gasteiger partial charge in [0.25, 0.3) is 5.91 Å². The van der Waals surface area contributed by atoms with Crippen molar-refractivity contribution >= 4 is 23.4 Å². The average molecular weight is 469 g/mol. The molecule has 1 aromatic heterocycles. The van der Waals surface area contributed by atoms with Crippen LogP contribution in [-0.4, -0.2) is 40.1 Å². The number of aromatic hydroxyl groups is 1. The van der Waals surface area contributed by atoms with Crippen molar-refractivity contribution in [2.45, 2.75) is 0 Å². The summed E-state index contributed by atoms with van der Waals surface area (Å²) in [5.41, 5.74) is 8.22.